The van der Waals surface area contributed by atoms with Crippen LogP contribution in [0.5, 0.6) is 5.75 Å². The van der Waals surface area contributed by atoms with Crippen molar-refractivity contribution in [1.29, 1.82) is 0 Å². The molecule has 1 aliphatic carbocycles. The molecule has 164 valence electrons. The summed E-state index contributed by atoms with van der Waals surface area (Å²) in [6, 6.07) is 6.21. The summed E-state index contributed by atoms with van der Waals surface area (Å²) in [6.45, 7) is 8.51. The molecular weight excluding hydrogens is 432 g/mol. The van der Waals surface area contributed by atoms with E-state index in [1.807, 2.05) is 36.6 Å². The number of carbonyl (C=O) groups is 1. The fourth-order valence-corrected chi connectivity index (χ4v) is 5.07. The van der Waals surface area contributed by atoms with E-state index in [2.05, 4.69) is 39.6 Å². The van der Waals surface area contributed by atoms with Gasteiger partial charge in [-0.05, 0) is 51.7 Å². The van der Waals surface area contributed by atoms with Crippen LogP contribution in [0.2, 0.25) is 0 Å². The van der Waals surface area contributed by atoms with Gasteiger partial charge >= 0.3 is 0 Å². The van der Waals surface area contributed by atoms with E-state index in [9.17, 15) is 4.79 Å². The molecule has 1 aromatic carbocycles. The third-order valence-electron chi connectivity index (χ3n) is 4.95. The molecule has 31 heavy (non-hydrogen) atoms. The smallest absolute Gasteiger partial charge is 0.236 e. The summed E-state index contributed by atoms with van der Waals surface area (Å²) < 4.78 is 8.08. The maximum absolute atomic E-state index is 12.4. The highest BCUT2D eigenvalue weighted by atomic mass is 32.2. The topological polar surface area (TPSA) is 94.8 Å². The van der Waals surface area contributed by atoms with Crippen molar-refractivity contribution in [2.75, 3.05) is 11.1 Å². The van der Waals surface area contributed by atoms with E-state index in [-0.39, 0.29) is 17.7 Å². The number of carbonyl (C=O) groups excluding carboxylic acids is 1. The number of hydrogen-bond acceptors (Lipinski definition) is 8. The number of nitrogens with zero attached hydrogens (tertiary/aromatic N) is 5. The van der Waals surface area contributed by atoms with E-state index in [0.717, 1.165) is 27.7 Å². The van der Waals surface area contributed by atoms with Crippen LogP contribution in [-0.2, 0) is 11.4 Å². The van der Waals surface area contributed by atoms with Gasteiger partial charge in [-0.25, -0.2) is 0 Å². The quantitative estimate of drug-likeness (QED) is 0.471. The SMILES string of the molecule is Cc1cccc(C)c1OCc1nnc(SCC(=O)Nc2nnc(C3CC3)s2)n1C(C)C. The van der Waals surface area contributed by atoms with Crippen LogP contribution in [0.25, 0.3) is 0 Å². The van der Waals surface area contributed by atoms with Crippen LogP contribution in [0, 0.1) is 13.8 Å². The van der Waals surface area contributed by atoms with E-state index in [0.29, 0.717) is 22.8 Å². The number of aryl methyl sites for hydroxylation is 2. The van der Waals surface area contributed by atoms with Crippen molar-refractivity contribution >= 4 is 34.1 Å². The van der Waals surface area contributed by atoms with Gasteiger partial charge in [0.05, 0.1) is 5.75 Å². The molecule has 8 nitrogen and oxygen atoms in total. The van der Waals surface area contributed by atoms with Crippen LogP contribution in [0.1, 0.15) is 60.6 Å². The number of para-hydroxylation sites is 1. The first-order valence-electron chi connectivity index (χ1n) is 10.3. The summed E-state index contributed by atoms with van der Waals surface area (Å²) >= 11 is 2.81. The standard InChI is InChI=1S/C21H26N6O2S2/c1-12(2)27-16(10-29-18-13(3)6-5-7-14(18)4)23-26-21(27)30-11-17(28)22-20-25-24-19(31-20)15-8-9-15/h5-7,12,15H,8-11H2,1-4H3,(H,22,25,28). The summed E-state index contributed by atoms with van der Waals surface area (Å²) in [7, 11) is 0. The summed E-state index contributed by atoms with van der Waals surface area (Å²) in [5, 5.41) is 21.9. The highest BCUT2D eigenvalue weighted by Gasteiger charge is 2.27. The van der Waals surface area contributed by atoms with Crippen molar-refractivity contribution in [3.63, 3.8) is 0 Å². The second-order valence-corrected chi connectivity index (χ2v) is 9.88. The molecule has 3 aromatic rings. The molecule has 1 amide bonds. The van der Waals surface area contributed by atoms with Crippen molar-refractivity contribution in [3.05, 3.63) is 40.2 Å². The average molecular weight is 459 g/mol. The van der Waals surface area contributed by atoms with Gasteiger partial charge in [0.25, 0.3) is 0 Å². The molecule has 1 saturated carbocycles. The zero-order valence-electron chi connectivity index (χ0n) is 18.1. The van der Waals surface area contributed by atoms with E-state index in [1.165, 1.54) is 35.9 Å². The molecule has 0 spiro atoms. The van der Waals surface area contributed by atoms with E-state index >= 15 is 0 Å². The highest BCUT2D eigenvalue weighted by Crippen LogP contribution is 2.42. The number of aromatic nitrogens is 5. The van der Waals surface area contributed by atoms with Gasteiger partial charge in [-0.1, -0.05) is 41.3 Å². The molecule has 4 rings (SSSR count). The zero-order valence-corrected chi connectivity index (χ0v) is 19.7. The first-order chi connectivity index (χ1) is 14.9. The van der Waals surface area contributed by atoms with Crippen LogP contribution in [0.3, 0.4) is 0 Å². The van der Waals surface area contributed by atoms with E-state index < -0.39 is 0 Å². The fourth-order valence-electron chi connectivity index (χ4n) is 3.25. The average Bonchev–Trinajstić information content (AvgIpc) is 3.33. The van der Waals surface area contributed by atoms with Crippen LogP contribution < -0.4 is 10.1 Å². The molecular formula is C21H26N6O2S2. The largest absolute Gasteiger partial charge is 0.485 e. The third kappa shape index (κ3) is 5.24. The van der Waals surface area contributed by atoms with Gasteiger partial charge in [0.2, 0.25) is 11.0 Å². The second kappa shape index (κ2) is 9.35. The molecule has 1 aliphatic rings. The lowest BCUT2D eigenvalue weighted by molar-refractivity contribution is -0.113. The van der Waals surface area contributed by atoms with Gasteiger partial charge < -0.3 is 9.30 Å². The Bertz CT molecular complexity index is 1050. The van der Waals surface area contributed by atoms with Gasteiger partial charge in [-0.15, -0.1) is 20.4 Å². The Morgan fingerprint density at radius 1 is 1.23 bits per heavy atom. The Balaban J connectivity index is 1.37. The van der Waals surface area contributed by atoms with Crippen molar-refractivity contribution in [3.8, 4) is 5.75 Å². The first kappa shape index (κ1) is 21.8. The minimum atomic E-state index is -0.130. The summed E-state index contributed by atoms with van der Waals surface area (Å²) in [5.41, 5.74) is 2.17. The molecule has 0 saturated heterocycles. The molecule has 0 atom stereocenters. The summed E-state index contributed by atoms with van der Waals surface area (Å²) in [5.74, 6) is 2.23. The highest BCUT2D eigenvalue weighted by molar-refractivity contribution is 7.99. The first-order valence-corrected chi connectivity index (χ1v) is 12.1. The monoisotopic (exact) mass is 458 g/mol. The van der Waals surface area contributed by atoms with E-state index in [1.54, 1.807) is 0 Å². The van der Waals surface area contributed by atoms with Gasteiger partial charge in [-0.2, -0.15) is 0 Å². The van der Waals surface area contributed by atoms with Crippen molar-refractivity contribution in [1.82, 2.24) is 25.0 Å². The Kier molecular flexibility index (Phi) is 6.57. The minimum absolute atomic E-state index is 0.130. The van der Waals surface area contributed by atoms with Gasteiger partial charge in [0.1, 0.15) is 17.4 Å². The number of hydrogen-bond donors (Lipinski definition) is 1. The molecule has 1 fully saturated rings. The van der Waals surface area contributed by atoms with Crippen molar-refractivity contribution in [2.45, 2.75) is 64.3 Å². The Labute approximate surface area is 189 Å². The molecule has 0 radical (unpaired) electrons. The zero-order chi connectivity index (χ0) is 22.0. The molecule has 10 heteroatoms. The molecule has 0 aliphatic heterocycles. The number of ether oxygens (including phenoxy) is 1. The van der Waals surface area contributed by atoms with Gasteiger partial charge in [-0.3, -0.25) is 10.1 Å². The van der Waals surface area contributed by atoms with Gasteiger partial charge in [0, 0.05) is 12.0 Å². The molecule has 1 N–H and O–H groups in total. The molecule has 2 aromatic heterocycles. The fraction of sp³-hybridized carbons (Fsp3) is 0.476. The lowest BCUT2D eigenvalue weighted by atomic mass is 10.1. The minimum Gasteiger partial charge on any atom is -0.485 e. The number of benzene rings is 1. The normalized spacial score (nSPS) is 13.6. The predicted molar refractivity (Wildman–Crippen MR) is 122 cm³/mol. The maximum atomic E-state index is 12.4. The third-order valence-corrected chi connectivity index (χ3v) is 6.90. The number of thioether (sulfide) groups is 1. The van der Waals surface area contributed by atoms with E-state index in [4.69, 9.17) is 4.74 Å². The summed E-state index contributed by atoms with van der Waals surface area (Å²) in [6.07, 6.45) is 2.33. The lowest BCUT2D eigenvalue weighted by Gasteiger charge is -2.15. The predicted octanol–water partition coefficient (Wildman–Crippen LogP) is 4.51. The Morgan fingerprint density at radius 3 is 2.65 bits per heavy atom. The lowest BCUT2D eigenvalue weighted by Crippen LogP contribution is -2.15. The number of rotatable bonds is 9. The van der Waals surface area contributed by atoms with Crippen molar-refractivity contribution in [2.24, 2.45) is 0 Å². The summed E-state index contributed by atoms with van der Waals surface area (Å²) in [4.78, 5) is 12.4. The molecule has 0 bridgehead atoms. The van der Waals surface area contributed by atoms with Crippen LogP contribution in [0.15, 0.2) is 23.4 Å². The van der Waals surface area contributed by atoms with Gasteiger partial charge in [0.15, 0.2) is 11.0 Å². The van der Waals surface area contributed by atoms with Crippen LogP contribution in [-0.4, -0.2) is 36.6 Å². The van der Waals surface area contributed by atoms with Crippen molar-refractivity contribution < 1.29 is 9.53 Å². The molecule has 0 unspecified atom stereocenters. The number of amides is 1. The maximum Gasteiger partial charge on any atom is 0.236 e. The number of anilines is 1. The Hall–Kier alpha value is -2.46. The van der Waals surface area contributed by atoms with Crippen LogP contribution >= 0.6 is 23.1 Å². The number of nitrogens with one attached hydrogen (secondary N) is 1. The second-order valence-electron chi connectivity index (χ2n) is 7.93. The van der Waals surface area contributed by atoms with Crippen LogP contribution in [0.4, 0.5) is 5.13 Å². The molecule has 2 heterocycles. The Morgan fingerprint density at radius 2 is 1.97 bits per heavy atom.